The molecule has 84 valence electrons. The van der Waals surface area contributed by atoms with Crippen LogP contribution in [-0.2, 0) is 18.3 Å². The van der Waals surface area contributed by atoms with Crippen molar-refractivity contribution in [2.45, 2.75) is 27.2 Å². The van der Waals surface area contributed by atoms with Gasteiger partial charge in [0.05, 0.1) is 5.69 Å². The lowest BCUT2D eigenvalue weighted by Crippen LogP contribution is -2.35. The molecule has 0 atom stereocenters. The standard InChI is InChI=1S/C11H19N3O/c1-11(2,3)10(15)12-7-5-9-6-8-14(4)13-9/h6,8H,5,7H2,1-4H3,(H,12,15). The molecule has 1 aromatic rings. The lowest BCUT2D eigenvalue weighted by atomic mass is 9.96. The number of hydrogen-bond acceptors (Lipinski definition) is 2. The van der Waals surface area contributed by atoms with Crippen LogP contribution in [0.25, 0.3) is 0 Å². The number of amides is 1. The van der Waals surface area contributed by atoms with E-state index in [0.717, 1.165) is 12.1 Å². The van der Waals surface area contributed by atoms with Gasteiger partial charge in [-0.15, -0.1) is 0 Å². The topological polar surface area (TPSA) is 46.9 Å². The fraction of sp³-hybridized carbons (Fsp3) is 0.636. The molecule has 0 aliphatic rings. The average molecular weight is 209 g/mol. The first-order valence-electron chi connectivity index (χ1n) is 5.16. The lowest BCUT2D eigenvalue weighted by Gasteiger charge is -2.17. The van der Waals surface area contributed by atoms with E-state index in [9.17, 15) is 4.79 Å². The number of carbonyl (C=O) groups is 1. The van der Waals surface area contributed by atoms with Gasteiger partial charge in [0.25, 0.3) is 0 Å². The van der Waals surface area contributed by atoms with Crippen LogP contribution in [0.2, 0.25) is 0 Å². The van der Waals surface area contributed by atoms with Gasteiger partial charge in [-0.3, -0.25) is 9.48 Å². The molecular weight excluding hydrogens is 190 g/mol. The van der Waals surface area contributed by atoms with E-state index in [2.05, 4.69) is 10.4 Å². The summed E-state index contributed by atoms with van der Waals surface area (Å²) in [5.41, 5.74) is 0.691. The van der Waals surface area contributed by atoms with E-state index < -0.39 is 0 Å². The summed E-state index contributed by atoms with van der Waals surface area (Å²) in [5.74, 6) is 0.0819. The van der Waals surface area contributed by atoms with Gasteiger partial charge in [-0.1, -0.05) is 20.8 Å². The Morgan fingerprint density at radius 1 is 1.53 bits per heavy atom. The Labute approximate surface area is 90.7 Å². The number of aromatic nitrogens is 2. The summed E-state index contributed by atoms with van der Waals surface area (Å²) in [4.78, 5) is 11.5. The van der Waals surface area contributed by atoms with E-state index >= 15 is 0 Å². The summed E-state index contributed by atoms with van der Waals surface area (Å²) in [6.07, 6.45) is 2.68. The SMILES string of the molecule is Cn1ccc(CCNC(=O)C(C)(C)C)n1. The summed E-state index contributed by atoms with van der Waals surface area (Å²) in [7, 11) is 1.89. The summed E-state index contributed by atoms with van der Waals surface area (Å²) >= 11 is 0. The minimum Gasteiger partial charge on any atom is -0.355 e. The Bertz CT molecular complexity index is 336. The van der Waals surface area contributed by atoms with Gasteiger partial charge in [-0.2, -0.15) is 5.10 Å². The number of nitrogens with one attached hydrogen (secondary N) is 1. The highest BCUT2D eigenvalue weighted by atomic mass is 16.2. The van der Waals surface area contributed by atoms with Gasteiger partial charge in [-0.05, 0) is 6.07 Å². The van der Waals surface area contributed by atoms with Gasteiger partial charge in [-0.25, -0.2) is 0 Å². The number of hydrogen-bond donors (Lipinski definition) is 1. The third-order valence-electron chi connectivity index (χ3n) is 2.12. The van der Waals surface area contributed by atoms with Gasteiger partial charge in [0.1, 0.15) is 0 Å². The maximum absolute atomic E-state index is 11.5. The van der Waals surface area contributed by atoms with Crippen molar-refractivity contribution in [2.75, 3.05) is 6.54 Å². The molecule has 4 nitrogen and oxygen atoms in total. The van der Waals surface area contributed by atoms with Crippen molar-refractivity contribution in [2.24, 2.45) is 12.5 Å². The average Bonchev–Trinajstić information content (AvgIpc) is 2.49. The zero-order valence-electron chi connectivity index (χ0n) is 9.87. The zero-order valence-corrected chi connectivity index (χ0v) is 9.87. The second-order valence-electron chi connectivity index (χ2n) is 4.74. The minimum atomic E-state index is -0.315. The summed E-state index contributed by atoms with van der Waals surface area (Å²) in [6.45, 7) is 6.36. The van der Waals surface area contributed by atoms with Gasteiger partial charge >= 0.3 is 0 Å². The highest BCUT2D eigenvalue weighted by Crippen LogP contribution is 2.12. The van der Waals surface area contributed by atoms with Crippen molar-refractivity contribution in [3.8, 4) is 0 Å². The zero-order chi connectivity index (χ0) is 11.5. The molecule has 0 saturated heterocycles. The molecule has 0 spiro atoms. The summed E-state index contributed by atoms with van der Waals surface area (Å²) < 4.78 is 1.76. The second kappa shape index (κ2) is 4.47. The van der Waals surface area contributed by atoms with E-state index in [1.807, 2.05) is 40.1 Å². The fourth-order valence-corrected chi connectivity index (χ4v) is 1.17. The smallest absolute Gasteiger partial charge is 0.225 e. The minimum absolute atomic E-state index is 0.0819. The molecular formula is C11H19N3O. The molecule has 1 rings (SSSR count). The maximum atomic E-state index is 11.5. The maximum Gasteiger partial charge on any atom is 0.225 e. The van der Waals surface area contributed by atoms with E-state index in [0.29, 0.717) is 6.54 Å². The predicted molar refractivity (Wildman–Crippen MR) is 59.4 cm³/mol. The van der Waals surface area contributed by atoms with E-state index in [-0.39, 0.29) is 11.3 Å². The number of aryl methyl sites for hydroxylation is 1. The molecule has 4 heteroatoms. The number of carbonyl (C=O) groups excluding carboxylic acids is 1. The van der Waals surface area contributed by atoms with E-state index in [1.165, 1.54) is 0 Å². The molecule has 0 aliphatic carbocycles. The molecule has 1 amide bonds. The van der Waals surface area contributed by atoms with Crippen LogP contribution >= 0.6 is 0 Å². The predicted octanol–water partition coefficient (Wildman–Crippen LogP) is 1.12. The van der Waals surface area contributed by atoms with Gasteiger partial charge < -0.3 is 5.32 Å². The first kappa shape index (κ1) is 11.8. The Morgan fingerprint density at radius 3 is 2.67 bits per heavy atom. The van der Waals surface area contributed by atoms with E-state index in [4.69, 9.17) is 0 Å². The molecule has 1 heterocycles. The third kappa shape index (κ3) is 3.73. The van der Waals surface area contributed by atoms with Crippen LogP contribution < -0.4 is 5.32 Å². The molecule has 0 saturated carbocycles. The lowest BCUT2D eigenvalue weighted by molar-refractivity contribution is -0.128. The highest BCUT2D eigenvalue weighted by molar-refractivity contribution is 5.81. The molecule has 0 bridgehead atoms. The number of rotatable bonds is 3. The normalized spacial score (nSPS) is 11.5. The molecule has 0 unspecified atom stereocenters. The first-order chi connectivity index (χ1) is 6.89. The molecule has 15 heavy (non-hydrogen) atoms. The van der Waals surface area contributed by atoms with Crippen LogP contribution in [0, 0.1) is 5.41 Å². The Kier molecular flexibility index (Phi) is 3.50. The summed E-state index contributed by atoms with van der Waals surface area (Å²) in [6, 6.07) is 1.96. The third-order valence-corrected chi connectivity index (χ3v) is 2.12. The summed E-state index contributed by atoms with van der Waals surface area (Å²) in [5, 5.41) is 7.13. The largest absolute Gasteiger partial charge is 0.355 e. The highest BCUT2D eigenvalue weighted by Gasteiger charge is 2.20. The molecule has 0 radical (unpaired) electrons. The molecule has 1 aromatic heterocycles. The van der Waals surface area contributed by atoms with Crippen molar-refractivity contribution < 1.29 is 4.79 Å². The Hall–Kier alpha value is -1.32. The van der Waals surface area contributed by atoms with Crippen molar-refractivity contribution in [3.63, 3.8) is 0 Å². The van der Waals surface area contributed by atoms with Crippen LogP contribution in [0.4, 0.5) is 0 Å². The number of nitrogens with zero attached hydrogens (tertiary/aromatic N) is 2. The quantitative estimate of drug-likeness (QED) is 0.811. The van der Waals surface area contributed by atoms with Gasteiger partial charge in [0, 0.05) is 31.6 Å². The Balaban J connectivity index is 2.31. The van der Waals surface area contributed by atoms with Gasteiger partial charge in [0.15, 0.2) is 0 Å². The van der Waals surface area contributed by atoms with Crippen molar-refractivity contribution in [1.82, 2.24) is 15.1 Å². The fourth-order valence-electron chi connectivity index (χ4n) is 1.17. The monoisotopic (exact) mass is 209 g/mol. The van der Waals surface area contributed by atoms with Crippen LogP contribution in [0.1, 0.15) is 26.5 Å². The van der Waals surface area contributed by atoms with Crippen molar-refractivity contribution >= 4 is 5.91 Å². The van der Waals surface area contributed by atoms with Crippen LogP contribution in [0.15, 0.2) is 12.3 Å². The van der Waals surface area contributed by atoms with Crippen LogP contribution in [-0.4, -0.2) is 22.2 Å². The molecule has 0 fully saturated rings. The molecule has 1 N–H and O–H groups in total. The molecule has 0 aliphatic heterocycles. The Morgan fingerprint density at radius 2 is 2.20 bits per heavy atom. The van der Waals surface area contributed by atoms with Crippen molar-refractivity contribution in [3.05, 3.63) is 18.0 Å². The van der Waals surface area contributed by atoms with E-state index in [1.54, 1.807) is 4.68 Å². The second-order valence-corrected chi connectivity index (χ2v) is 4.74. The van der Waals surface area contributed by atoms with Gasteiger partial charge in [0.2, 0.25) is 5.91 Å². The van der Waals surface area contributed by atoms with Crippen LogP contribution in [0.5, 0.6) is 0 Å². The molecule has 0 aromatic carbocycles. The first-order valence-corrected chi connectivity index (χ1v) is 5.16. The van der Waals surface area contributed by atoms with Crippen molar-refractivity contribution in [1.29, 1.82) is 0 Å². The van der Waals surface area contributed by atoms with Crippen LogP contribution in [0.3, 0.4) is 0 Å².